The van der Waals surface area contributed by atoms with E-state index in [0.717, 1.165) is 0 Å². The molecule has 0 aliphatic rings. The molecule has 3 N–H and O–H groups in total. The van der Waals surface area contributed by atoms with Crippen molar-refractivity contribution in [2.24, 2.45) is 0 Å². The number of hydrogen-bond donors (Lipinski definition) is 3. The van der Waals surface area contributed by atoms with Crippen molar-refractivity contribution in [1.29, 1.82) is 0 Å². The lowest BCUT2D eigenvalue weighted by atomic mass is 10.2. The average molecular weight is 201 g/mol. The molecule has 0 bridgehead atoms. The van der Waals surface area contributed by atoms with Crippen molar-refractivity contribution < 1.29 is 9.90 Å². The number of nitrogens with one attached hydrogen (secondary N) is 2. The number of halogens is 1. The highest BCUT2D eigenvalue weighted by Gasteiger charge is 2.07. The van der Waals surface area contributed by atoms with Gasteiger partial charge < -0.3 is 10.4 Å². The molecule has 1 amide bonds. The Labute approximate surface area is 80.5 Å². The number of hydrogen-bond acceptors (Lipinski definition) is 2. The molecule has 0 atom stereocenters. The molecule has 0 radical (unpaired) electrons. The van der Waals surface area contributed by atoms with Gasteiger partial charge in [0.25, 0.3) is 0 Å². The highest BCUT2D eigenvalue weighted by Crippen LogP contribution is 2.29. The second-order valence-corrected chi connectivity index (χ2v) is 2.75. The Hall–Kier alpha value is -1.42. The van der Waals surface area contributed by atoms with Crippen LogP contribution < -0.4 is 10.6 Å². The first-order valence-electron chi connectivity index (χ1n) is 3.61. The second-order valence-electron chi connectivity index (χ2n) is 2.34. The fourth-order valence-corrected chi connectivity index (χ4v) is 1.19. The molecule has 0 aliphatic carbocycles. The maximum absolute atomic E-state index is 10.4. The molecule has 13 heavy (non-hydrogen) atoms. The molecule has 5 heteroatoms. The number of para-hydroxylation sites is 1. The van der Waals surface area contributed by atoms with Crippen LogP contribution in [0.1, 0.15) is 0 Å². The van der Waals surface area contributed by atoms with E-state index >= 15 is 0 Å². The van der Waals surface area contributed by atoms with Crippen molar-refractivity contribution >= 4 is 29.1 Å². The summed E-state index contributed by atoms with van der Waals surface area (Å²) in [6.45, 7) is 0. The van der Waals surface area contributed by atoms with Gasteiger partial charge >= 0.3 is 6.09 Å². The first kappa shape index (κ1) is 9.67. The minimum absolute atomic E-state index is 0.370. The molecule has 0 spiro atoms. The van der Waals surface area contributed by atoms with Crippen LogP contribution in [-0.4, -0.2) is 18.2 Å². The Balaban J connectivity index is 3.07. The number of anilines is 2. The summed E-state index contributed by atoms with van der Waals surface area (Å²) in [7, 11) is 1.69. The first-order valence-corrected chi connectivity index (χ1v) is 3.99. The van der Waals surface area contributed by atoms with Gasteiger partial charge in [-0.05, 0) is 12.1 Å². The molecule has 70 valence electrons. The van der Waals surface area contributed by atoms with Gasteiger partial charge in [-0.25, -0.2) is 4.79 Å². The van der Waals surface area contributed by atoms with Crippen LogP contribution in [0.15, 0.2) is 18.2 Å². The average Bonchev–Trinajstić information content (AvgIpc) is 2.08. The zero-order valence-electron chi connectivity index (χ0n) is 6.97. The largest absolute Gasteiger partial charge is 0.465 e. The summed E-state index contributed by atoms with van der Waals surface area (Å²) >= 11 is 5.79. The van der Waals surface area contributed by atoms with Gasteiger partial charge in [0.05, 0.1) is 16.4 Å². The van der Waals surface area contributed by atoms with E-state index < -0.39 is 6.09 Å². The van der Waals surface area contributed by atoms with E-state index in [1.807, 2.05) is 0 Å². The lowest BCUT2D eigenvalue weighted by molar-refractivity contribution is 0.210. The third-order valence-corrected chi connectivity index (χ3v) is 1.83. The van der Waals surface area contributed by atoms with Crippen molar-refractivity contribution in [3.8, 4) is 0 Å². The predicted molar refractivity (Wildman–Crippen MR) is 52.6 cm³/mol. The molecular formula is C8H9ClN2O2. The van der Waals surface area contributed by atoms with Crippen molar-refractivity contribution in [2.75, 3.05) is 17.7 Å². The highest BCUT2D eigenvalue weighted by molar-refractivity contribution is 6.34. The van der Waals surface area contributed by atoms with Gasteiger partial charge in [0.1, 0.15) is 0 Å². The summed E-state index contributed by atoms with van der Waals surface area (Å²) in [5.74, 6) is 0. The Morgan fingerprint density at radius 2 is 2.23 bits per heavy atom. The fourth-order valence-electron chi connectivity index (χ4n) is 0.966. The molecule has 0 fully saturated rings. The van der Waals surface area contributed by atoms with Crippen LogP contribution in [0, 0.1) is 0 Å². The molecule has 1 aromatic rings. The maximum Gasteiger partial charge on any atom is 0.409 e. The molecule has 0 aromatic heterocycles. The number of amides is 1. The third-order valence-electron chi connectivity index (χ3n) is 1.51. The summed E-state index contributed by atoms with van der Waals surface area (Å²) in [4.78, 5) is 10.4. The zero-order valence-corrected chi connectivity index (χ0v) is 7.72. The molecule has 0 unspecified atom stereocenters. The van der Waals surface area contributed by atoms with E-state index in [2.05, 4.69) is 10.6 Å². The van der Waals surface area contributed by atoms with Crippen LogP contribution in [0.5, 0.6) is 0 Å². The molecule has 1 rings (SSSR count). The van der Waals surface area contributed by atoms with Gasteiger partial charge in [-0.3, -0.25) is 5.32 Å². The summed E-state index contributed by atoms with van der Waals surface area (Å²) in [6.07, 6.45) is -1.13. The normalized spacial score (nSPS) is 9.38. The minimum atomic E-state index is -1.13. The Bertz CT molecular complexity index is 328. The zero-order chi connectivity index (χ0) is 9.84. The van der Waals surface area contributed by atoms with Crippen molar-refractivity contribution in [2.45, 2.75) is 0 Å². The topological polar surface area (TPSA) is 61.4 Å². The molecular weight excluding hydrogens is 192 g/mol. The van der Waals surface area contributed by atoms with Gasteiger partial charge in [0, 0.05) is 7.05 Å². The van der Waals surface area contributed by atoms with E-state index in [4.69, 9.17) is 16.7 Å². The van der Waals surface area contributed by atoms with E-state index in [1.54, 1.807) is 25.2 Å². The van der Waals surface area contributed by atoms with E-state index in [0.29, 0.717) is 16.4 Å². The second kappa shape index (κ2) is 4.00. The van der Waals surface area contributed by atoms with Gasteiger partial charge in [0.2, 0.25) is 0 Å². The van der Waals surface area contributed by atoms with Gasteiger partial charge in [-0.15, -0.1) is 0 Å². The minimum Gasteiger partial charge on any atom is -0.465 e. The van der Waals surface area contributed by atoms with Gasteiger partial charge in [-0.1, -0.05) is 17.7 Å². The van der Waals surface area contributed by atoms with Crippen LogP contribution in [-0.2, 0) is 0 Å². The van der Waals surface area contributed by atoms with Gasteiger partial charge in [-0.2, -0.15) is 0 Å². The van der Waals surface area contributed by atoms with Crippen LogP contribution >= 0.6 is 11.6 Å². The smallest absolute Gasteiger partial charge is 0.409 e. The monoisotopic (exact) mass is 200 g/mol. The fraction of sp³-hybridized carbons (Fsp3) is 0.125. The molecule has 0 aliphatic heterocycles. The van der Waals surface area contributed by atoms with Gasteiger partial charge in [0.15, 0.2) is 0 Å². The molecule has 1 aromatic carbocycles. The highest BCUT2D eigenvalue weighted by atomic mass is 35.5. The predicted octanol–water partition coefficient (Wildman–Crippen LogP) is 2.47. The molecule has 4 nitrogen and oxygen atoms in total. The summed E-state index contributed by atoms with van der Waals surface area (Å²) in [5, 5.41) is 13.9. The number of benzene rings is 1. The van der Waals surface area contributed by atoms with Crippen molar-refractivity contribution in [3.63, 3.8) is 0 Å². The maximum atomic E-state index is 10.4. The SMILES string of the molecule is CNc1cccc(Cl)c1NC(=O)O. The summed E-state index contributed by atoms with van der Waals surface area (Å²) in [6, 6.07) is 5.09. The Morgan fingerprint density at radius 3 is 2.77 bits per heavy atom. The van der Waals surface area contributed by atoms with Crippen LogP contribution in [0.25, 0.3) is 0 Å². The van der Waals surface area contributed by atoms with E-state index in [-0.39, 0.29) is 0 Å². The third kappa shape index (κ3) is 2.26. The lowest BCUT2D eigenvalue weighted by Gasteiger charge is -2.09. The molecule has 0 saturated carbocycles. The Kier molecular flexibility index (Phi) is 2.97. The Morgan fingerprint density at radius 1 is 1.54 bits per heavy atom. The van der Waals surface area contributed by atoms with E-state index in [9.17, 15) is 4.79 Å². The van der Waals surface area contributed by atoms with Crippen molar-refractivity contribution in [3.05, 3.63) is 23.2 Å². The number of rotatable bonds is 2. The van der Waals surface area contributed by atoms with Crippen LogP contribution in [0.3, 0.4) is 0 Å². The van der Waals surface area contributed by atoms with Crippen LogP contribution in [0.4, 0.5) is 16.2 Å². The quantitative estimate of drug-likeness (QED) is 0.687. The summed E-state index contributed by atoms with van der Waals surface area (Å²) < 4.78 is 0. The van der Waals surface area contributed by atoms with Crippen molar-refractivity contribution in [1.82, 2.24) is 0 Å². The number of carboxylic acid groups (broad SMARTS) is 1. The standard InChI is InChI=1S/C8H9ClN2O2/c1-10-6-4-2-3-5(9)7(6)11-8(12)13/h2-4,10-11H,1H3,(H,12,13). The number of carbonyl (C=O) groups is 1. The first-order chi connectivity index (χ1) is 6.15. The lowest BCUT2D eigenvalue weighted by Crippen LogP contribution is -2.09. The summed E-state index contributed by atoms with van der Waals surface area (Å²) in [5.41, 5.74) is 1.02. The van der Waals surface area contributed by atoms with E-state index in [1.165, 1.54) is 0 Å². The van der Waals surface area contributed by atoms with Crippen LogP contribution in [0.2, 0.25) is 5.02 Å². The molecule has 0 saturated heterocycles. The molecule has 0 heterocycles.